The fourth-order valence-electron chi connectivity index (χ4n) is 2.49. The molecule has 0 aliphatic heterocycles. The van der Waals surface area contributed by atoms with Gasteiger partial charge in [0.1, 0.15) is 5.75 Å². The number of rotatable bonds is 9. The summed E-state index contributed by atoms with van der Waals surface area (Å²) in [6.45, 7) is 8.63. The molecule has 0 saturated carbocycles. The van der Waals surface area contributed by atoms with E-state index in [-0.39, 0.29) is 0 Å². The molecule has 0 bridgehead atoms. The third-order valence-electron chi connectivity index (χ3n) is 3.60. The van der Waals surface area contributed by atoms with Crippen LogP contribution >= 0.6 is 11.3 Å². The lowest BCUT2D eigenvalue weighted by molar-refractivity contribution is 0.241. The number of ether oxygens (including phenoxy) is 1. The third-order valence-corrected chi connectivity index (χ3v) is 4.46. The lowest BCUT2D eigenvalue weighted by Gasteiger charge is -2.17. The van der Waals surface area contributed by atoms with Crippen LogP contribution in [-0.4, -0.2) is 28.2 Å². The molecule has 3 aromatic rings. The minimum absolute atomic E-state index is 0.590. The predicted octanol–water partition coefficient (Wildman–Crippen LogP) is 4.39. The molecule has 25 heavy (non-hydrogen) atoms. The Bertz CT molecular complexity index is 781. The Kier molecular flexibility index (Phi) is 5.98. The van der Waals surface area contributed by atoms with Crippen LogP contribution in [-0.2, 0) is 13.1 Å². The topological polar surface area (TPSA) is 51.4 Å². The Morgan fingerprint density at radius 3 is 2.76 bits per heavy atom. The van der Waals surface area contributed by atoms with Crippen LogP contribution in [0.1, 0.15) is 17.7 Å². The molecule has 0 saturated heterocycles. The lowest BCUT2D eigenvalue weighted by atomic mass is 10.2. The molecular formula is C19H21N3O2S. The van der Waals surface area contributed by atoms with E-state index in [9.17, 15) is 0 Å². The summed E-state index contributed by atoms with van der Waals surface area (Å²) in [6, 6.07) is 11.9. The van der Waals surface area contributed by atoms with E-state index < -0.39 is 0 Å². The molecule has 0 N–H and O–H groups in total. The predicted molar refractivity (Wildman–Crippen MR) is 99.5 cm³/mol. The molecule has 2 heterocycles. The normalized spacial score (nSPS) is 11.0. The molecule has 0 aliphatic rings. The molecule has 130 valence electrons. The summed E-state index contributed by atoms with van der Waals surface area (Å²) in [6.07, 6.45) is 1.89. The zero-order valence-corrected chi connectivity index (χ0v) is 15.0. The van der Waals surface area contributed by atoms with E-state index >= 15 is 0 Å². The molecular weight excluding hydrogens is 334 g/mol. The van der Waals surface area contributed by atoms with E-state index in [4.69, 9.17) is 9.26 Å². The number of aromatic nitrogens is 2. The maximum absolute atomic E-state index is 5.45. The van der Waals surface area contributed by atoms with E-state index in [0.717, 1.165) is 24.4 Å². The van der Waals surface area contributed by atoms with Crippen molar-refractivity contribution in [2.75, 3.05) is 13.2 Å². The molecule has 0 unspecified atom stereocenters. The summed E-state index contributed by atoms with van der Waals surface area (Å²) in [7, 11) is 0. The van der Waals surface area contributed by atoms with Gasteiger partial charge in [-0.2, -0.15) is 4.98 Å². The molecule has 0 spiro atoms. The van der Waals surface area contributed by atoms with Gasteiger partial charge < -0.3 is 9.26 Å². The van der Waals surface area contributed by atoms with Gasteiger partial charge in [-0.05, 0) is 42.6 Å². The minimum Gasteiger partial charge on any atom is -0.494 e. The fourth-order valence-corrected chi connectivity index (χ4v) is 3.23. The van der Waals surface area contributed by atoms with Gasteiger partial charge in [-0.15, -0.1) is 17.9 Å². The summed E-state index contributed by atoms with van der Waals surface area (Å²) in [5.41, 5.74) is 0.909. The average molecular weight is 355 g/mol. The molecule has 5 nitrogen and oxygen atoms in total. The van der Waals surface area contributed by atoms with E-state index in [1.807, 2.05) is 37.3 Å². The first kappa shape index (κ1) is 17.4. The molecule has 1 aromatic carbocycles. The standard InChI is InChI=1S/C19H21N3O2S/c1-3-11-22(13-17-6-5-12-25-17)14-18-20-19(21-24-18)15-7-9-16(10-8-15)23-4-2/h3,5-10,12H,1,4,11,13-14H2,2H3. The van der Waals surface area contributed by atoms with Crippen LogP contribution in [0.5, 0.6) is 5.75 Å². The highest BCUT2D eigenvalue weighted by molar-refractivity contribution is 7.09. The highest BCUT2D eigenvalue weighted by Gasteiger charge is 2.13. The van der Waals surface area contributed by atoms with Gasteiger partial charge in [0.2, 0.25) is 11.7 Å². The number of hydrogen-bond donors (Lipinski definition) is 0. The Hall–Kier alpha value is -2.44. The lowest BCUT2D eigenvalue weighted by Crippen LogP contribution is -2.22. The van der Waals surface area contributed by atoms with E-state index in [1.165, 1.54) is 4.88 Å². The van der Waals surface area contributed by atoms with Crippen LogP contribution in [0.4, 0.5) is 0 Å². The number of hydrogen-bond acceptors (Lipinski definition) is 6. The third kappa shape index (κ3) is 4.78. The SMILES string of the molecule is C=CCN(Cc1nc(-c2ccc(OCC)cc2)no1)Cc1cccs1. The molecule has 2 aromatic heterocycles. The van der Waals surface area contributed by atoms with Crippen molar-refractivity contribution in [3.05, 3.63) is 65.2 Å². The van der Waals surface area contributed by atoms with Crippen molar-refractivity contribution in [3.8, 4) is 17.1 Å². The van der Waals surface area contributed by atoms with Gasteiger partial charge in [-0.1, -0.05) is 17.3 Å². The van der Waals surface area contributed by atoms with Gasteiger partial charge in [-0.3, -0.25) is 4.90 Å². The van der Waals surface area contributed by atoms with Crippen LogP contribution in [0.15, 0.2) is 59.0 Å². The monoisotopic (exact) mass is 355 g/mol. The van der Waals surface area contributed by atoms with Gasteiger partial charge in [0.25, 0.3) is 0 Å². The number of thiophene rings is 1. The maximum atomic E-state index is 5.45. The fraction of sp³-hybridized carbons (Fsp3) is 0.263. The van der Waals surface area contributed by atoms with Gasteiger partial charge in [0, 0.05) is 23.5 Å². The second-order valence-electron chi connectivity index (χ2n) is 5.51. The maximum Gasteiger partial charge on any atom is 0.241 e. The van der Waals surface area contributed by atoms with E-state index in [1.54, 1.807) is 11.3 Å². The molecule has 0 amide bonds. The van der Waals surface area contributed by atoms with Gasteiger partial charge in [-0.25, -0.2) is 0 Å². The summed E-state index contributed by atoms with van der Waals surface area (Å²) in [5, 5.41) is 6.18. The number of benzene rings is 1. The second kappa shape index (κ2) is 8.60. The molecule has 0 radical (unpaired) electrons. The smallest absolute Gasteiger partial charge is 0.241 e. The number of nitrogens with zero attached hydrogens (tertiary/aromatic N) is 3. The molecule has 3 rings (SSSR count). The highest BCUT2D eigenvalue weighted by atomic mass is 32.1. The summed E-state index contributed by atoms with van der Waals surface area (Å²) in [4.78, 5) is 8.03. The Morgan fingerprint density at radius 2 is 2.08 bits per heavy atom. The Balaban J connectivity index is 1.67. The van der Waals surface area contributed by atoms with E-state index in [0.29, 0.717) is 24.9 Å². The van der Waals surface area contributed by atoms with Crippen LogP contribution in [0, 0.1) is 0 Å². The zero-order valence-electron chi connectivity index (χ0n) is 14.2. The zero-order chi connectivity index (χ0) is 17.5. The van der Waals surface area contributed by atoms with Crippen molar-refractivity contribution >= 4 is 11.3 Å². The molecule has 0 aliphatic carbocycles. The van der Waals surface area contributed by atoms with Crippen LogP contribution in [0.2, 0.25) is 0 Å². The van der Waals surface area contributed by atoms with Gasteiger partial charge in [0.15, 0.2) is 0 Å². The first-order chi connectivity index (χ1) is 12.3. The molecule has 6 heteroatoms. The summed E-state index contributed by atoms with van der Waals surface area (Å²) >= 11 is 1.74. The van der Waals surface area contributed by atoms with Crippen molar-refractivity contribution in [3.63, 3.8) is 0 Å². The van der Waals surface area contributed by atoms with Crippen molar-refractivity contribution < 1.29 is 9.26 Å². The Morgan fingerprint density at radius 1 is 1.24 bits per heavy atom. The van der Waals surface area contributed by atoms with Crippen LogP contribution in [0.3, 0.4) is 0 Å². The quantitative estimate of drug-likeness (QED) is 0.533. The first-order valence-electron chi connectivity index (χ1n) is 8.20. The Labute approximate surface area is 151 Å². The van der Waals surface area contributed by atoms with Crippen LogP contribution < -0.4 is 4.74 Å². The summed E-state index contributed by atoms with van der Waals surface area (Å²) < 4.78 is 10.9. The minimum atomic E-state index is 0.590. The van der Waals surface area contributed by atoms with Gasteiger partial charge >= 0.3 is 0 Å². The van der Waals surface area contributed by atoms with Crippen molar-refractivity contribution in [1.29, 1.82) is 0 Å². The largest absolute Gasteiger partial charge is 0.494 e. The first-order valence-corrected chi connectivity index (χ1v) is 9.08. The van der Waals surface area contributed by atoms with Crippen LogP contribution in [0.25, 0.3) is 11.4 Å². The van der Waals surface area contributed by atoms with Crippen molar-refractivity contribution in [2.45, 2.75) is 20.0 Å². The van der Waals surface area contributed by atoms with Crippen molar-refractivity contribution in [2.24, 2.45) is 0 Å². The summed E-state index contributed by atoms with van der Waals surface area (Å²) in [5.74, 6) is 2.03. The molecule has 0 fully saturated rings. The van der Waals surface area contributed by atoms with Gasteiger partial charge in [0.05, 0.1) is 13.2 Å². The van der Waals surface area contributed by atoms with Crippen molar-refractivity contribution in [1.82, 2.24) is 15.0 Å². The average Bonchev–Trinajstić information content (AvgIpc) is 3.28. The second-order valence-corrected chi connectivity index (χ2v) is 6.54. The molecule has 0 atom stereocenters. The van der Waals surface area contributed by atoms with E-state index in [2.05, 4.69) is 39.1 Å². The highest BCUT2D eigenvalue weighted by Crippen LogP contribution is 2.21.